The van der Waals surface area contributed by atoms with Crippen molar-refractivity contribution in [3.8, 4) is 22.4 Å². The van der Waals surface area contributed by atoms with Crippen LogP contribution in [0.3, 0.4) is 0 Å². The molecule has 4 aromatic rings. The maximum Gasteiger partial charge on any atom is 0.273 e. The third-order valence-electron chi connectivity index (χ3n) is 3.72. The first-order valence-electron chi connectivity index (χ1n) is 7.15. The van der Waals surface area contributed by atoms with Crippen molar-refractivity contribution in [1.82, 2.24) is 14.6 Å². The van der Waals surface area contributed by atoms with Gasteiger partial charge in [0.15, 0.2) is 5.65 Å². The summed E-state index contributed by atoms with van der Waals surface area (Å²) in [5, 5.41) is 3.63. The number of aromatic amines is 1. The van der Waals surface area contributed by atoms with E-state index < -0.39 is 0 Å². The molecule has 2 aromatic heterocycles. The van der Waals surface area contributed by atoms with Crippen molar-refractivity contribution < 1.29 is 0 Å². The van der Waals surface area contributed by atoms with Crippen molar-refractivity contribution in [2.75, 3.05) is 0 Å². The molecule has 0 atom stereocenters. The molecule has 23 heavy (non-hydrogen) atoms. The molecule has 5 heteroatoms. The summed E-state index contributed by atoms with van der Waals surface area (Å²) in [5.74, 6) is 0. The second kappa shape index (κ2) is 5.41. The number of halogens is 1. The van der Waals surface area contributed by atoms with Gasteiger partial charge in [-0.3, -0.25) is 9.89 Å². The molecule has 4 nitrogen and oxygen atoms in total. The minimum absolute atomic E-state index is 0.144. The summed E-state index contributed by atoms with van der Waals surface area (Å²) in [6.07, 6.45) is 1.78. The molecule has 4 rings (SSSR count). The highest BCUT2D eigenvalue weighted by atomic mass is 35.5. The van der Waals surface area contributed by atoms with Gasteiger partial charge in [-0.2, -0.15) is 0 Å². The van der Waals surface area contributed by atoms with Crippen molar-refractivity contribution in [2.45, 2.75) is 0 Å². The lowest BCUT2D eigenvalue weighted by molar-refractivity contribution is 0.901. The third-order valence-corrected chi connectivity index (χ3v) is 3.97. The van der Waals surface area contributed by atoms with Gasteiger partial charge in [0.05, 0.1) is 5.69 Å². The summed E-state index contributed by atoms with van der Waals surface area (Å²) in [5.41, 5.74) is 3.83. The molecule has 0 unspecified atom stereocenters. The Bertz CT molecular complexity index is 1030. The molecule has 0 aliphatic rings. The van der Waals surface area contributed by atoms with Gasteiger partial charge in [-0.1, -0.05) is 54.1 Å². The lowest BCUT2D eigenvalue weighted by atomic mass is 10.1. The Hall–Kier alpha value is -2.85. The third kappa shape index (κ3) is 2.43. The average Bonchev–Trinajstić information content (AvgIpc) is 3.01. The molecule has 0 spiro atoms. The monoisotopic (exact) mass is 321 g/mol. The molecule has 1 N–H and O–H groups in total. The van der Waals surface area contributed by atoms with Gasteiger partial charge in [-0.25, -0.2) is 9.50 Å². The number of aromatic nitrogens is 3. The molecule has 112 valence electrons. The van der Waals surface area contributed by atoms with Crippen LogP contribution in [0, 0.1) is 0 Å². The van der Waals surface area contributed by atoms with Crippen molar-refractivity contribution in [3.63, 3.8) is 0 Å². The minimum atomic E-state index is -0.144. The first kappa shape index (κ1) is 13.8. The highest BCUT2D eigenvalue weighted by molar-refractivity contribution is 6.30. The maximum absolute atomic E-state index is 12.3. The lowest BCUT2D eigenvalue weighted by Crippen LogP contribution is -2.14. The van der Waals surface area contributed by atoms with Gasteiger partial charge in [-0.05, 0) is 17.7 Å². The van der Waals surface area contributed by atoms with Crippen LogP contribution in [0.15, 0.2) is 71.7 Å². The SMILES string of the molecule is O=c1cc(-c2ccccc2)nc2c(-c3ccc(Cl)cc3)c[nH]n12. The van der Waals surface area contributed by atoms with E-state index in [1.165, 1.54) is 10.6 Å². The van der Waals surface area contributed by atoms with Gasteiger partial charge in [-0.15, -0.1) is 0 Å². The summed E-state index contributed by atoms with van der Waals surface area (Å²) in [7, 11) is 0. The smallest absolute Gasteiger partial charge is 0.273 e. The van der Waals surface area contributed by atoms with Crippen LogP contribution in [0.25, 0.3) is 28.0 Å². The van der Waals surface area contributed by atoms with Gasteiger partial charge in [0.2, 0.25) is 0 Å². The first-order valence-corrected chi connectivity index (χ1v) is 7.53. The van der Waals surface area contributed by atoms with Gasteiger partial charge < -0.3 is 0 Å². The topological polar surface area (TPSA) is 50.2 Å². The number of fused-ring (bicyclic) bond motifs is 1. The summed E-state index contributed by atoms with van der Waals surface area (Å²) in [4.78, 5) is 17.0. The van der Waals surface area contributed by atoms with Crippen LogP contribution in [0.4, 0.5) is 0 Å². The largest absolute Gasteiger partial charge is 0.296 e. The van der Waals surface area contributed by atoms with Crippen molar-refractivity contribution in [3.05, 3.63) is 82.2 Å². The molecule has 2 aromatic carbocycles. The van der Waals surface area contributed by atoms with E-state index in [0.717, 1.165) is 16.7 Å². The molecule has 0 aliphatic carbocycles. The van der Waals surface area contributed by atoms with Crippen molar-refractivity contribution in [2.24, 2.45) is 0 Å². The van der Waals surface area contributed by atoms with Crippen LogP contribution < -0.4 is 5.56 Å². The number of H-pyrrole nitrogens is 1. The van der Waals surface area contributed by atoms with Crippen LogP contribution in [0.5, 0.6) is 0 Å². The van der Waals surface area contributed by atoms with E-state index in [4.69, 9.17) is 11.6 Å². The van der Waals surface area contributed by atoms with Crippen LogP contribution >= 0.6 is 11.6 Å². The van der Waals surface area contributed by atoms with Crippen LogP contribution in [0.2, 0.25) is 5.02 Å². The molecule has 2 heterocycles. The number of hydrogen-bond donors (Lipinski definition) is 1. The minimum Gasteiger partial charge on any atom is -0.296 e. The number of nitrogens with zero attached hydrogens (tertiary/aromatic N) is 2. The first-order chi connectivity index (χ1) is 11.2. The predicted molar refractivity (Wildman–Crippen MR) is 91.7 cm³/mol. The Morgan fingerprint density at radius 2 is 1.70 bits per heavy atom. The van der Waals surface area contributed by atoms with Crippen LogP contribution in [0.1, 0.15) is 0 Å². The second-order valence-electron chi connectivity index (χ2n) is 5.20. The standard InChI is InChI=1S/C18H12ClN3O/c19-14-8-6-12(7-9-14)15-11-20-22-17(23)10-16(21-18(15)22)13-4-2-1-3-5-13/h1-11,20H. The molecule has 0 aliphatic heterocycles. The zero-order valence-electron chi connectivity index (χ0n) is 12.0. The molecule has 0 saturated carbocycles. The Morgan fingerprint density at radius 3 is 2.43 bits per heavy atom. The molecular formula is C18H12ClN3O. The van der Waals surface area contributed by atoms with E-state index in [-0.39, 0.29) is 5.56 Å². The Morgan fingerprint density at radius 1 is 0.957 bits per heavy atom. The van der Waals surface area contributed by atoms with Gasteiger partial charge in [0.25, 0.3) is 5.56 Å². The molecule has 0 amide bonds. The molecule has 0 saturated heterocycles. The molecule has 0 fully saturated rings. The normalized spacial score (nSPS) is 11.0. The van der Waals surface area contributed by atoms with Crippen LogP contribution in [-0.4, -0.2) is 14.6 Å². The van der Waals surface area contributed by atoms with Gasteiger partial charge in [0.1, 0.15) is 0 Å². The summed E-state index contributed by atoms with van der Waals surface area (Å²) in [6, 6.07) is 18.7. The fourth-order valence-electron chi connectivity index (χ4n) is 2.58. The zero-order chi connectivity index (χ0) is 15.8. The fraction of sp³-hybridized carbons (Fsp3) is 0. The van der Waals surface area contributed by atoms with E-state index in [1.54, 1.807) is 6.20 Å². The molecule has 0 radical (unpaired) electrons. The predicted octanol–water partition coefficient (Wildman–Crippen LogP) is 4.01. The van der Waals surface area contributed by atoms with Crippen molar-refractivity contribution >= 4 is 17.2 Å². The average molecular weight is 322 g/mol. The number of rotatable bonds is 2. The van der Waals surface area contributed by atoms with E-state index in [2.05, 4.69) is 10.1 Å². The molecule has 0 bridgehead atoms. The Labute approximate surface area is 137 Å². The zero-order valence-corrected chi connectivity index (χ0v) is 12.8. The maximum atomic E-state index is 12.3. The highest BCUT2D eigenvalue weighted by Gasteiger charge is 2.11. The van der Waals surface area contributed by atoms with Gasteiger partial charge >= 0.3 is 0 Å². The fourth-order valence-corrected chi connectivity index (χ4v) is 2.71. The van der Waals surface area contributed by atoms with E-state index in [0.29, 0.717) is 16.4 Å². The van der Waals surface area contributed by atoms with Crippen LogP contribution in [-0.2, 0) is 0 Å². The Kier molecular flexibility index (Phi) is 3.24. The molecular weight excluding hydrogens is 310 g/mol. The number of benzene rings is 2. The van der Waals surface area contributed by atoms with Crippen molar-refractivity contribution in [1.29, 1.82) is 0 Å². The van der Waals surface area contributed by atoms with E-state index in [1.807, 2.05) is 54.6 Å². The van der Waals surface area contributed by atoms with Gasteiger partial charge in [0, 0.05) is 28.4 Å². The highest BCUT2D eigenvalue weighted by Crippen LogP contribution is 2.25. The summed E-state index contributed by atoms with van der Waals surface area (Å²) < 4.78 is 1.44. The second-order valence-corrected chi connectivity index (χ2v) is 5.64. The quantitative estimate of drug-likeness (QED) is 0.606. The van der Waals surface area contributed by atoms with E-state index in [9.17, 15) is 4.79 Å². The summed E-state index contributed by atoms with van der Waals surface area (Å²) in [6.45, 7) is 0. The lowest BCUT2D eigenvalue weighted by Gasteiger charge is -2.03. The number of hydrogen-bond acceptors (Lipinski definition) is 2. The van der Waals surface area contributed by atoms with E-state index >= 15 is 0 Å². The number of nitrogens with one attached hydrogen (secondary N) is 1. The Balaban J connectivity index is 1.96. The summed E-state index contributed by atoms with van der Waals surface area (Å²) >= 11 is 5.94.